The Morgan fingerprint density at radius 1 is 0.893 bits per heavy atom. The molecule has 2 aliphatic rings. The van der Waals surface area contributed by atoms with Gasteiger partial charge in [0.15, 0.2) is 0 Å². The van der Waals surface area contributed by atoms with Crippen LogP contribution in [0.1, 0.15) is 62.5 Å². The highest BCUT2D eigenvalue weighted by molar-refractivity contribution is 5.65. The van der Waals surface area contributed by atoms with Crippen molar-refractivity contribution in [3.05, 3.63) is 59.2 Å². The molecule has 0 spiro atoms. The van der Waals surface area contributed by atoms with E-state index in [2.05, 4.69) is 6.92 Å². The maximum atomic E-state index is 15.0. The lowest BCUT2D eigenvalue weighted by molar-refractivity contribution is -0.00968. The summed E-state index contributed by atoms with van der Waals surface area (Å²) in [5.74, 6) is 1.21. The van der Waals surface area contributed by atoms with Crippen LogP contribution in [0.2, 0.25) is 0 Å². The van der Waals surface area contributed by atoms with Crippen LogP contribution in [0.15, 0.2) is 36.4 Å². The summed E-state index contributed by atoms with van der Waals surface area (Å²) in [6.07, 6.45) is 7.18. The first-order valence-corrected chi connectivity index (χ1v) is 10.7. The molecular weight excluding hydrogens is 354 g/mol. The second kappa shape index (κ2) is 8.32. The average molecular weight is 385 g/mol. The molecule has 2 aromatic carbocycles. The van der Waals surface area contributed by atoms with Gasteiger partial charge in [-0.1, -0.05) is 24.3 Å². The molecule has 3 heteroatoms. The summed E-state index contributed by atoms with van der Waals surface area (Å²) >= 11 is 0. The van der Waals surface area contributed by atoms with Gasteiger partial charge >= 0.3 is 0 Å². The lowest BCUT2D eigenvalue weighted by Crippen LogP contribution is -2.33. The van der Waals surface area contributed by atoms with E-state index >= 15 is 0 Å². The third-order valence-corrected chi connectivity index (χ3v) is 6.84. The van der Waals surface area contributed by atoms with Gasteiger partial charge in [-0.05, 0) is 98.9 Å². The molecule has 0 bridgehead atoms. The van der Waals surface area contributed by atoms with E-state index in [-0.39, 0.29) is 17.6 Å². The quantitative estimate of drug-likeness (QED) is 0.550. The van der Waals surface area contributed by atoms with E-state index in [1.807, 2.05) is 25.1 Å². The van der Waals surface area contributed by atoms with Gasteiger partial charge in [0.1, 0.15) is 11.6 Å². The Labute approximate surface area is 167 Å². The first-order valence-electron chi connectivity index (χ1n) is 10.7. The highest BCUT2D eigenvalue weighted by atomic mass is 19.1. The smallest absolute Gasteiger partial charge is 0.131 e. The Kier molecular flexibility index (Phi) is 5.82. The maximum absolute atomic E-state index is 15.0. The average Bonchev–Trinajstić information content (AvgIpc) is 2.68. The highest BCUT2D eigenvalue weighted by Gasteiger charge is 2.36. The molecule has 4 rings (SSSR count). The van der Waals surface area contributed by atoms with Crippen LogP contribution in [0.25, 0.3) is 11.1 Å². The predicted molar refractivity (Wildman–Crippen MR) is 109 cm³/mol. The number of hydrogen-bond donors (Lipinski definition) is 0. The number of halogens is 2. The van der Waals surface area contributed by atoms with Gasteiger partial charge in [-0.3, -0.25) is 0 Å². The van der Waals surface area contributed by atoms with E-state index < -0.39 is 0 Å². The first kappa shape index (κ1) is 19.6. The van der Waals surface area contributed by atoms with Gasteiger partial charge in [0.25, 0.3) is 0 Å². The molecule has 2 aliphatic carbocycles. The molecule has 0 aromatic heterocycles. The molecule has 0 aliphatic heterocycles. The molecule has 0 amide bonds. The molecule has 4 unspecified atom stereocenters. The van der Waals surface area contributed by atoms with Crippen LogP contribution in [-0.2, 0) is 4.74 Å². The molecule has 0 heterocycles. The summed E-state index contributed by atoms with van der Waals surface area (Å²) in [5, 5.41) is 0. The minimum atomic E-state index is -0.293. The number of rotatable bonds is 4. The van der Waals surface area contributed by atoms with Crippen molar-refractivity contribution in [3.8, 4) is 11.1 Å². The number of ether oxygens (including phenoxy) is 1. The Bertz CT molecular complexity index is 831. The van der Waals surface area contributed by atoms with Gasteiger partial charge in [-0.25, -0.2) is 8.78 Å². The molecule has 1 nitrogen and oxygen atoms in total. The molecule has 4 atom stereocenters. The summed E-state index contributed by atoms with van der Waals surface area (Å²) in [5.41, 5.74) is 2.76. The third kappa shape index (κ3) is 4.00. The second-order valence-electron chi connectivity index (χ2n) is 8.64. The summed E-state index contributed by atoms with van der Waals surface area (Å²) in [6, 6.07) is 10.4. The van der Waals surface area contributed by atoms with Crippen molar-refractivity contribution in [1.29, 1.82) is 0 Å². The van der Waals surface area contributed by atoms with E-state index in [1.165, 1.54) is 25.0 Å². The number of benzene rings is 2. The van der Waals surface area contributed by atoms with Crippen LogP contribution in [-0.4, -0.2) is 12.7 Å². The molecule has 2 saturated carbocycles. The molecule has 0 saturated heterocycles. The van der Waals surface area contributed by atoms with E-state index in [0.717, 1.165) is 49.3 Å². The predicted octanol–water partition coefficient (Wildman–Crippen LogP) is 7.03. The Hall–Kier alpha value is -1.74. The Morgan fingerprint density at radius 2 is 1.68 bits per heavy atom. The van der Waals surface area contributed by atoms with Crippen molar-refractivity contribution in [1.82, 2.24) is 0 Å². The maximum Gasteiger partial charge on any atom is 0.131 e. The van der Waals surface area contributed by atoms with Gasteiger partial charge in [-0.15, -0.1) is 0 Å². The lowest BCUT2D eigenvalue weighted by atomic mass is 9.65. The van der Waals surface area contributed by atoms with Crippen LogP contribution in [0, 0.1) is 30.4 Å². The van der Waals surface area contributed by atoms with Crippen molar-refractivity contribution in [2.45, 2.75) is 64.4 Å². The summed E-state index contributed by atoms with van der Waals surface area (Å²) in [6.45, 7) is 4.72. The van der Waals surface area contributed by atoms with Crippen molar-refractivity contribution in [2.24, 2.45) is 11.8 Å². The van der Waals surface area contributed by atoms with Crippen LogP contribution in [0.4, 0.5) is 8.78 Å². The fourth-order valence-electron chi connectivity index (χ4n) is 5.40. The SMILES string of the molecule is CCOC1CCC2CC(c3ccc(-c4ccc(C)cc4F)cc3F)CCC2C1. The summed E-state index contributed by atoms with van der Waals surface area (Å²) < 4.78 is 35.1. The van der Waals surface area contributed by atoms with E-state index in [1.54, 1.807) is 6.07 Å². The van der Waals surface area contributed by atoms with Crippen LogP contribution in [0.5, 0.6) is 0 Å². The Balaban J connectivity index is 1.48. The topological polar surface area (TPSA) is 9.23 Å². The molecular formula is C25H30F2O. The van der Waals surface area contributed by atoms with Crippen molar-refractivity contribution >= 4 is 0 Å². The molecule has 28 heavy (non-hydrogen) atoms. The standard InChI is InChI=1S/C25H30F2O/c1-3-28-21-9-7-17-13-19(6-5-18(17)14-21)23-11-8-20(15-25(23)27)22-10-4-16(2)12-24(22)26/h4,8,10-12,15,17-19,21H,3,5-7,9,13-14H2,1-2H3. The van der Waals surface area contributed by atoms with Crippen molar-refractivity contribution in [2.75, 3.05) is 6.61 Å². The number of aryl methyl sites for hydroxylation is 1. The molecule has 2 fully saturated rings. The lowest BCUT2D eigenvalue weighted by Gasteiger charge is -2.42. The molecule has 150 valence electrons. The zero-order chi connectivity index (χ0) is 19.7. The zero-order valence-electron chi connectivity index (χ0n) is 16.9. The van der Waals surface area contributed by atoms with Crippen molar-refractivity contribution in [3.63, 3.8) is 0 Å². The van der Waals surface area contributed by atoms with Crippen LogP contribution in [0.3, 0.4) is 0 Å². The number of fused-ring (bicyclic) bond motifs is 1. The first-order chi connectivity index (χ1) is 13.5. The minimum absolute atomic E-state index is 0.191. The van der Waals surface area contributed by atoms with Gasteiger partial charge in [0.05, 0.1) is 6.10 Å². The van der Waals surface area contributed by atoms with E-state index in [9.17, 15) is 8.78 Å². The highest BCUT2D eigenvalue weighted by Crippen LogP contribution is 2.47. The van der Waals surface area contributed by atoms with Gasteiger partial charge in [-0.2, -0.15) is 0 Å². The fourth-order valence-corrected chi connectivity index (χ4v) is 5.40. The molecule has 2 aromatic rings. The minimum Gasteiger partial charge on any atom is -0.378 e. The normalized spacial score (nSPS) is 27.4. The largest absolute Gasteiger partial charge is 0.378 e. The monoisotopic (exact) mass is 384 g/mol. The molecule has 0 radical (unpaired) electrons. The summed E-state index contributed by atoms with van der Waals surface area (Å²) in [7, 11) is 0. The fraction of sp³-hybridized carbons (Fsp3) is 0.520. The Morgan fingerprint density at radius 3 is 2.43 bits per heavy atom. The van der Waals surface area contributed by atoms with E-state index in [4.69, 9.17) is 4.74 Å². The van der Waals surface area contributed by atoms with Gasteiger partial charge < -0.3 is 4.74 Å². The summed E-state index contributed by atoms with van der Waals surface area (Å²) in [4.78, 5) is 0. The zero-order valence-corrected chi connectivity index (χ0v) is 16.9. The van der Waals surface area contributed by atoms with Gasteiger partial charge in [0.2, 0.25) is 0 Å². The van der Waals surface area contributed by atoms with Crippen LogP contribution >= 0.6 is 0 Å². The third-order valence-electron chi connectivity index (χ3n) is 6.84. The van der Waals surface area contributed by atoms with Crippen molar-refractivity contribution < 1.29 is 13.5 Å². The van der Waals surface area contributed by atoms with Gasteiger partial charge in [0, 0.05) is 12.2 Å². The van der Waals surface area contributed by atoms with E-state index in [0.29, 0.717) is 23.1 Å². The van der Waals surface area contributed by atoms with Crippen LogP contribution < -0.4 is 0 Å². The second-order valence-corrected chi connectivity index (χ2v) is 8.64. The number of hydrogen-bond acceptors (Lipinski definition) is 1. The molecule has 0 N–H and O–H groups in total.